The van der Waals surface area contributed by atoms with Crippen LogP contribution in [0.3, 0.4) is 0 Å². The Morgan fingerprint density at radius 2 is 2.07 bits per heavy atom. The van der Waals surface area contributed by atoms with Gasteiger partial charge in [0.1, 0.15) is 11.5 Å². The van der Waals surface area contributed by atoms with Gasteiger partial charge in [0, 0.05) is 23.7 Å². The quantitative estimate of drug-likeness (QED) is 0.596. The maximum atomic E-state index is 12.8. The highest BCUT2D eigenvalue weighted by Gasteiger charge is 2.20. The van der Waals surface area contributed by atoms with E-state index in [0.29, 0.717) is 22.5 Å². The van der Waals surface area contributed by atoms with Crippen molar-refractivity contribution in [1.29, 1.82) is 0 Å². The second-order valence-electron chi connectivity index (χ2n) is 7.16. The number of fused-ring (bicyclic) bond motifs is 1. The van der Waals surface area contributed by atoms with Crippen molar-refractivity contribution in [2.75, 3.05) is 0 Å². The van der Waals surface area contributed by atoms with Gasteiger partial charge in [-0.2, -0.15) is 8.78 Å². The van der Waals surface area contributed by atoms with Crippen LogP contribution < -0.4 is 10.1 Å². The van der Waals surface area contributed by atoms with E-state index in [1.807, 2.05) is 18.2 Å². The van der Waals surface area contributed by atoms with Crippen LogP contribution >= 0.6 is 0 Å². The zero-order chi connectivity index (χ0) is 20.4. The molecule has 1 aromatic carbocycles. The molecule has 0 saturated heterocycles. The van der Waals surface area contributed by atoms with Gasteiger partial charge in [0.05, 0.1) is 16.9 Å². The number of halogens is 2. The molecule has 3 rings (SSSR count). The van der Waals surface area contributed by atoms with E-state index in [-0.39, 0.29) is 11.5 Å². The standard InChI is InChI=1S/C22H24F2N2O2/c1-13(2)8-9-26-19-6-5-7-21(28-22(23)24)16(19)11-20(26)18-10-14(3)17(12-25-18)15(4)27/h5-7,10-13,22,25,27H,3-4,8-9H2,1-2H3. The van der Waals surface area contributed by atoms with E-state index in [4.69, 9.17) is 4.74 Å². The zero-order valence-electron chi connectivity index (χ0n) is 16.0. The van der Waals surface area contributed by atoms with Gasteiger partial charge in [-0.1, -0.05) is 33.1 Å². The van der Waals surface area contributed by atoms with Crippen molar-refractivity contribution in [1.82, 2.24) is 9.88 Å². The van der Waals surface area contributed by atoms with Crippen LogP contribution in [0.4, 0.5) is 8.78 Å². The normalized spacial score (nSPS) is 14.3. The van der Waals surface area contributed by atoms with Gasteiger partial charge in [-0.3, -0.25) is 0 Å². The molecular formula is C22H24F2N2O2. The molecule has 148 valence electrons. The van der Waals surface area contributed by atoms with E-state index in [0.717, 1.165) is 29.9 Å². The third kappa shape index (κ3) is 3.96. The molecule has 0 spiro atoms. The summed E-state index contributed by atoms with van der Waals surface area (Å²) in [6.45, 7) is 9.61. The predicted molar refractivity (Wildman–Crippen MR) is 108 cm³/mol. The first-order valence-corrected chi connectivity index (χ1v) is 9.11. The Hall–Kier alpha value is -3.02. The van der Waals surface area contributed by atoms with Crippen molar-refractivity contribution in [3.8, 4) is 5.75 Å². The number of dihydropyridines is 1. The van der Waals surface area contributed by atoms with E-state index in [2.05, 4.69) is 36.9 Å². The van der Waals surface area contributed by atoms with Crippen LogP contribution in [0.1, 0.15) is 26.0 Å². The van der Waals surface area contributed by atoms with Gasteiger partial charge < -0.3 is 19.7 Å². The minimum Gasteiger partial charge on any atom is -0.508 e. The zero-order valence-corrected chi connectivity index (χ0v) is 16.0. The summed E-state index contributed by atoms with van der Waals surface area (Å²) in [5, 5.41) is 13.4. The SMILES string of the molecule is C=C(O)C1=CNC(c2cc3c(OC(F)F)cccc3n2CCC(C)C)=CC1=C. The first-order valence-electron chi connectivity index (χ1n) is 9.11. The number of aromatic nitrogens is 1. The molecule has 0 radical (unpaired) electrons. The summed E-state index contributed by atoms with van der Waals surface area (Å²) in [5.74, 6) is 0.561. The van der Waals surface area contributed by atoms with E-state index < -0.39 is 6.61 Å². The number of alkyl halides is 2. The fourth-order valence-corrected chi connectivity index (χ4v) is 3.26. The average molecular weight is 386 g/mol. The molecule has 0 fully saturated rings. The number of hydrogen-bond acceptors (Lipinski definition) is 3. The van der Waals surface area contributed by atoms with E-state index >= 15 is 0 Å². The largest absolute Gasteiger partial charge is 0.508 e. The molecule has 1 aliphatic rings. The molecule has 0 unspecified atom stereocenters. The van der Waals surface area contributed by atoms with E-state index in [1.165, 1.54) is 0 Å². The molecule has 4 nitrogen and oxygen atoms in total. The third-order valence-corrected chi connectivity index (χ3v) is 4.68. The van der Waals surface area contributed by atoms with Crippen LogP contribution in [-0.2, 0) is 6.54 Å². The van der Waals surface area contributed by atoms with Crippen LogP contribution in [0.15, 0.2) is 66.6 Å². The molecule has 0 amide bonds. The van der Waals surface area contributed by atoms with Gasteiger partial charge in [0.25, 0.3) is 0 Å². The second-order valence-corrected chi connectivity index (χ2v) is 7.16. The molecule has 2 N–H and O–H groups in total. The Bertz CT molecular complexity index is 984. The topological polar surface area (TPSA) is 46.4 Å². The lowest BCUT2D eigenvalue weighted by Crippen LogP contribution is -2.15. The van der Waals surface area contributed by atoms with Gasteiger partial charge in [-0.05, 0) is 42.2 Å². The molecule has 0 saturated carbocycles. The highest BCUT2D eigenvalue weighted by Crippen LogP contribution is 2.34. The van der Waals surface area contributed by atoms with Crippen LogP contribution in [0.5, 0.6) is 5.75 Å². The Morgan fingerprint density at radius 1 is 1.32 bits per heavy atom. The number of aryl methyl sites for hydroxylation is 1. The van der Waals surface area contributed by atoms with E-state index in [1.54, 1.807) is 18.3 Å². The Balaban J connectivity index is 2.10. The lowest BCUT2D eigenvalue weighted by Gasteiger charge is -2.19. The monoisotopic (exact) mass is 386 g/mol. The number of benzene rings is 1. The number of hydrogen-bond donors (Lipinski definition) is 2. The van der Waals surface area contributed by atoms with Gasteiger partial charge >= 0.3 is 6.61 Å². The summed E-state index contributed by atoms with van der Waals surface area (Å²) in [6.07, 6.45) is 4.38. The minimum absolute atomic E-state index is 0.0687. The van der Waals surface area contributed by atoms with Crippen molar-refractivity contribution in [3.05, 3.63) is 72.3 Å². The lowest BCUT2D eigenvalue weighted by atomic mass is 10.0. The molecule has 0 atom stereocenters. The number of aliphatic hydroxyl groups excluding tert-OH is 1. The highest BCUT2D eigenvalue weighted by atomic mass is 19.3. The Morgan fingerprint density at radius 3 is 2.68 bits per heavy atom. The lowest BCUT2D eigenvalue weighted by molar-refractivity contribution is -0.0487. The number of ether oxygens (including phenoxy) is 1. The van der Waals surface area contributed by atoms with E-state index in [9.17, 15) is 13.9 Å². The molecular weight excluding hydrogens is 362 g/mol. The van der Waals surface area contributed by atoms with Gasteiger partial charge in [-0.25, -0.2) is 0 Å². The summed E-state index contributed by atoms with van der Waals surface area (Å²) in [7, 11) is 0. The average Bonchev–Trinajstić information content (AvgIpc) is 2.98. The molecule has 2 aromatic rings. The first-order chi connectivity index (χ1) is 13.3. The summed E-state index contributed by atoms with van der Waals surface area (Å²) in [5.41, 5.74) is 3.56. The fourth-order valence-electron chi connectivity index (χ4n) is 3.26. The third-order valence-electron chi connectivity index (χ3n) is 4.68. The number of aliphatic hydroxyl groups is 1. The number of rotatable bonds is 7. The number of nitrogens with zero attached hydrogens (tertiary/aromatic N) is 1. The summed E-state index contributed by atoms with van der Waals surface area (Å²) >= 11 is 0. The van der Waals surface area contributed by atoms with Crippen molar-refractivity contribution < 1.29 is 18.6 Å². The molecule has 6 heteroatoms. The highest BCUT2D eigenvalue weighted by molar-refractivity contribution is 5.91. The molecule has 0 aliphatic carbocycles. The van der Waals surface area contributed by atoms with Crippen molar-refractivity contribution >= 4 is 16.6 Å². The van der Waals surface area contributed by atoms with Crippen molar-refractivity contribution in [2.24, 2.45) is 5.92 Å². The first kappa shape index (κ1) is 19.7. The maximum absolute atomic E-state index is 12.8. The Labute approximate surface area is 163 Å². The summed E-state index contributed by atoms with van der Waals surface area (Å²) in [4.78, 5) is 0. The van der Waals surface area contributed by atoms with Crippen molar-refractivity contribution in [2.45, 2.75) is 33.4 Å². The number of allylic oxidation sites excluding steroid dienone is 2. The van der Waals surface area contributed by atoms with Crippen LogP contribution in [0.2, 0.25) is 0 Å². The predicted octanol–water partition coefficient (Wildman–Crippen LogP) is 5.74. The van der Waals surface area contributed by atoms with Gasteiger partial charge in [0.15, 0.2) is 0 Å². The molecule has 0 bridgehead atoms. The second kappa shape index (κ2) is 7.92. The number of nitrogens with one attached hydrogen (secondary N) is 1. The van der Waals surface area contributed by atoms with Gasteiger partial charge in [-0.15, -0.1) is 0 Å². The van der Waals surface area contributed by atoms with Crippen LogP contribution in [-0.4, -0.2) is 16.3 Å². The smallest absolute Gasteiger partial charge is 0.387 e. The minimum atomic E-state index is -2.89. The maximum Gasteiger partial charge on any atom is 0.387 e. The summed E-state index contributed by atoms with van der Waals surface area (Å²) < 4.78 is 32.5. The van der Waals surface area contributed by atoms with Crippen molar-refractivity contribution in [3.63, 3.8) is 0 Å². The summed E-state index contributed by atoms with van der Waals surface area (Å²) in [6, 6.07) is 6.99. The Kier molecular flexibility index (Phi) is 5.58. The molecule has 1 aliphatic heterocycles. The molecule has 2 heterocycles. The van der Waals surface area contributed by atoms with Gasteiger partial charge in [0.2, 0.25) is 0 Å². The fraction of sp³-hybridized carbons (Fsp3) is 0.273. The molecule has 1 aromatic heterocycles. The van der Waals surface area contributed by atoms with Crippen LogP contribution in [0, 0.1) is 5.92 Å². The molecule has 28 heavy (non-hydrogen) atoms. The van der Waals surface area contributed by atoms with Crippen LogP contribution in [0.25, 0.3) is 16.6 Å².